The first-order valence-electron chi connectivity index (χ1n) is 6.47. The van der Waals surface area contributed by atoms with Crippen LogP contribution in [-0.4, -0.2) is 46.5 Å². The number of amides is 1. The van der Waals surface area contributed by atoms with Gasteiger partial charge in [0.25, 0.3) is 11.5 Å². The Labute approximate surface area is 110 Å². The number of rotatable bonds is 4. The molecule has 0 saturated carbocycles. The van der Waals surface area contributed by atoms with Crippen LogP contribution in [0.4, 0.5) is 0 Å². The number of nitrogens with one attached hydrogen (secondary N) is 3. The van der Waals surface area contributed by atoms with Crippen molar-refractivity contribution in [3.63, 3.8) is 0 Å². The van der Waals surface area contributed by atoms with E-state index in [2.05, 4.69) is 15.3 Å². The van der Waals surface area contributed by atoms with Crippen molar-refractivity contribution in [1.82, 2.24) is 20.2 Å². The Balaban J connectivity index is 2.27. The molecule has 1 amide bonds. The van der Waals surface area contributed by atoms with Gasteiger partial charge in [0.15, 0.2) is 0 Å². The highest BCUT2D eigenvalue weighted by Gasteiger charge is 2.28. The molecule has 1 aliphatic rings. The van der Waals surface area contributed by atoms with Gasteiger partial charge in [0.05, 0.1) is 0 Å². The standard InChI is InChI=1S/C12H18N4O3/c1-2-5-16(8-3-4-13-6-8)11(18)9-7-14-12(19)15-10(9)17/h7-8,13H,2-6H2,1H3,(H2,14,15,17,19). The van der Waals surface area contributed by atoms with Gasteiger partial charge in [0.2, 0.25) is 0 Å². The molecule has 2 heterocycles. The molecule has 0 radical (unpaired) electrons. The van der Waals surface area contributed by atoms with E-state index in [0.717, 1.165) is 25.9 Å². The minimum atomic E-state index is -0.638. The van der Waals surface area contributed by atoms with Crippen LogP contribution in [0.5, 0.6) is 0 Å². The van der Waals surface area contributed by atoms with Gasteiger partial charge in [-0.05, 0) is 19.4 Å². The molecule has 19 heavy (non-hydrogen) atoms. The van der Waals surface area contributed by atoms with Gasteiger partial charge in [-0.3, -0.25) is 14.6 Å². The maximum Gasteiger partial charge on any atom is 0.325 e. The zero-order chi connectivity index (χ0) is 13.8. The van der Waals surface area contributed by atoms with Crippen molar-refractivity contribution in [1.29, 1.82) is 0 Å². The number of nitrogens with zero attached hydrogens (tertiary/aromatic N) is 1. The Kier molecular flexibility index (Phi) is 4.16. The van der Waals surface area contributed by atoms with E-state index in [1.54, 1.807) is 4.90 Å². The molecule has 1 unspecified atom stereocenters. The Morgan fingerprint density at radius 3 is 2.84 bits per heavy atom. The van der Waals surface area contributed by atoms with E-state index in [-0.39, 0.29) is 17.5 Å². The van der Waals surface area contributed by atoms with Crippen LogP contribution in [0.15, 0.2) is 15.8 Å². The first kappa shape index (κ1) is 13.5. The van der Waals surface area contributed by atoms with Crippen LogP contribution in [0, 0.1) is 0 Å². The lowest BCUT2D eigenvalue weighted by molar-refractivity contribution is 0.0690. The Morgan fingerprint density at radius 1 is 1.47 bits per heavy atom. The van der Waals surface area contributed by atoms with Crippen molar-refractivity contribution in [2.45, 2.75) is 25.8 Å². The second kappa shape index (κ2) is 5.83. The highest BCUT2D eigenvalue weighted by atomic mass is 16.2. The van der Waals surface area contributed by atoms with Crippen LogP contribution in [0.3, 0.4) is 0 Å². The zero-order valence-electron chi connectivity index (χ0n) is 10.9. The minimum absolute atomic E-state index is 0.0139. The molecule has 0 spiro atoms. The predicted octanol–water partition coefficient (Wildman–Crippen LogP) is -0.723. The average molecular weight is 266 g/mol. The van der Waals surface area contributed by atoms with Crippen LogP contribution in [0.25, 0.3) is 0 Å². The van der Waals surface area contributed by atoms with Gasteiger partial charge in [-0.25, -0.2) is 4.79 Å². The summed E-state index contributed by atoms with van der Waals surface area (Å²) in [5.41, 5.74) is -1.26. The summed E-state index contributed by atoms with van der Waals surface area (Å²) in [6, 6.07) is 0.110. The predicted molar refractivity (Wildman–Crippen MR) is 70.3 cm³/mol. The van der Waals surface area contributed by atoms with E-state index in [1.807, 2.05) is 6.92 Å². The molecule has 1 saturated heterocycles. The second-order valence-electron chi connectivity index (χ2n) is 4.63. The van der Waals surface area contributed by atoms with E-state index in [0.29, 0.717) is 6.54 Å². The normalized spacial score (nSPS) is 18.5. The summed E-state index contributed by atoms with van der Waals surface area (Å²) < 4.78 is 0. The van der Waals surface area contributed by atoms with Crippen molar-refractivity contribution >= 4 is 5.91 Å². The molecule has 7 nitrogen and oxygen atoms in total. The number of aromatic amines is 2. The molecule has 1 aromatic heterocycles. The van der Waals surface area contributed by atoms with Crippen LogP contribution in [-0.2, 0) is 0 Å². The quantitative estimate of drug-likeness (QED) is 0.669. The molecule has 7 heteroatoms. The third kappa shape index (κ3) is 2.93. The van der Waals surface area contributed by atoms with Crippen LogP contribution >= 0.6 is 0 Å². The SMILES string of the molecule is CCCN(C(=O)c1c[nH]c(=O)[nH]c1=O)C1CCNC1. The Hall–Kier alpha value is -1.89. The fraction of sp³-hybridized carbons (Fsp3) is 0.583. The van der Waals surface area contributed by atoms with E-state index < -0.39 is 11.2 Å². The van der Waals surface area contributed by atoms with Gasteiger partial charge in [-0.15, -0.1) is 0 Å². The summed E-state index contributed by atoms with van der Waals surface area (Å²) in [6.07, 6.45) is 2.89. The molecule has 1 fully saturated rings. The summed E-state index contributed by atoms with van der Waals surface area (Å²) in [5, 5.41) is 3.20. The number of hydrogen-bond donors (Lipinski definition) is 3. The lowest BCUT2D eigenvalue weighted by atomic mass is 10.1. The molecular formula is C12H18N4O3. The number of H-pyrrole nitrogens is 2. The van der Waals surface area contributed by atoms with Crippen molar-refractivity contribution in [3.05, 3.63) is 32.6 Å². The summed E-state index contributed by atoms with van der Waals surface area (Å²) in [4.78, 5) is 41.2. The van der Waals surface area contributed by atoms with Crippen LogP contribution in [0.1, 0.15) is 30.1 Å². The van der Waals surface area contributed by atoms with Gasteiger partial charge < -0.3 is 15.2 Å². The van der Waals surface area contributed by atoms with Gasteiger partial charge in [-0.2, -0.15) is 0 Å². The topological polar surface area (TPSA) is 98.1 Å². The zero-order valence-corrected chi connectivity index (χ0v) is 10.9. The Bertz CT molecular complexity index is 557. The molecule has 3 N–H and O–H groups in total. The van der Waals surface area contributed by atoms with E-state index >= 15 is 0 Å². The van der Waals surface area contributed by atoms with Gasteiger partial charge in [-0.1, -0.05) is 6.92 Å². The number of carbonyl (C=O) groups is 1. The van der Waals surface area contributed by atoms with Crippen molar-refractivity contribution in [2.75, 3.05) is 19.6 Å². The molecule has 0 bridgehead atoms. The molecular weight excluding hydrogens is 248 g/mol. The summed E-state index contributed by atoms with van der Waals surface area (Å²) >= 11 is 0. The smallest absolute Gasteiger partial charge is 0.325 e. The van der Waals surface area contributed by atoms with E-state index in [9.17, 15) is 14.4 Å². The first-order chi connectivity index (χ1) is 9.13. The molecule has 104 valence electrons. The highest BCUT2D eigenvalue weighted by Crippen LogP contribution is 2.11. The fourth-order valence-corrected chi connectivity index (χ4v) is 2.32. The van der Waals surface area contributed by atoms with Crippen LogP contribution in [0.2, 0.25) is 0 Å². The molecule has 2 rings (SSSR count). The van der Waals surface area contributed by atoms with Crippen molar-refractivity contribution in [2.24, 2.45) is 0 Å². The molecule has 0 aliphatic carbocycles. The van der Waals surface area contributed by atoms with E-state index in [1.165, 1.54) is 6.20 Å². The third-order valence-corrected chi connectivity index (χ3v) is 3.25. The Morgan fingerprint density at radius 2 is 2.26 bits per heavy atom. The molecule has 1 aromatic rings. The lowest BCUT2D eigenvalue weighted by Crippen LogP contribution is -2.44. The summed E-state index contributed by atoms with van der Waals surface area (Å²) in [6.45, 7) is 4.21. The summed E-state index contributed by atoms with van der Waals surface area (Å²) in [7, 11) is 0. The average Bonchev–Trinajstić information content (AvgIpc) is 2.89. The largest absolute Gasteiger partial charge is 0.334 e. The highest BCUT2D eigenvalue weighted by molar-refractivity contribution is 5.93. The first-order valence-corrected chi connectivity index (χ1v) is 6.47. The third-order valence-electron chi connectivity index (χ3n) is 3.25. The van der Waals surface area contributed by atoms with Gasteiger partial charge >= 0.3 is 5.69 Å². The fourth-order valence-electron chi connectivity index (χ4n) is 2.32. The van der Waals surface area contributed by atoms with Crippen molar-refractivity contribution < 1.29 is 4.79 Å². The maximum atomic E-state index is 12.4. The monoisotopic (exact) mass is 266 g/mol. The van der Waals surface area contributed by atoms with Crippen molar-refractivity contribution in [3.8, 4) is 0 Å². The lowest BCUT2D eigenvalue weighted by Gasteiger charge is -2.27. The number of aromatic nitrogens is 2. The second-order valence-corrected chi connectivity index (χ2v) is 4.63. The minimum Gasteiger partial charge on any atom is -0.334 e. The van der Waals surface area contributed by atoms with Gasteiger partial charge in [0, 0.05) is 25.3 Å². The number of carbonyl (C=O) groups excluding carboxylic acids is 1. The number of hydrogen-bond acceptors (Lipinski definition) is 4. The maximum absolute atomic E-state index is 12.4. The summed E-state index contributed by atoms with van der Waals surface area (Å²) in [5.74, 6) is -0.326. The molecule has 1 aliphatic heterocycles. The molecule has 1 atom stereocenters. The van der Waals surface area contributed by atoms with E-state index in [4.69, 9.17) is 0 Å². The van der Waals surface area contributed by atoms with Crippen LogP contribution < -0.4 is 16.6 Å². The van der Waals surface area contributed by atoms with Gasteiger partial charge in [0.1, 0.15) is 5.56 Å². The molecule has 0 aromatic carbocycles.